The Bertz CT molecular complexity index is 418. The Hall–Kier alpha value is -1.35. The molecule has 1 amide bonds. The lowest BCUT2D eigenvalue weighted by Gasteiger charge is -2.24. The third-order valence-corrected chi connectivity index (χ3v) is 4.23. The monoisotopic (exact) mass is 260 g/mol. The molecule has 0 bridgehead atoms. The number of carbonyl (C=O) groups is 1. The SMILES string of the molecule is CC[C@H](C)[C@H](C)N[C@H]1CCN(c2ccccc2)C1=O. The van der Waals surface area contributed by atoms with Crippen LogP contribution in [0.1, 0.15) is 33.6 Å². The van der Waals surface area contributed by atoms with Gasteiger partial charge in [0.1, 0.15) is 0 Å². The Kier molecular flexibility index (Phi) is 4.59. The van der Waals surface area contributed by atoms with Crippen LogP contribution in [0.5, 0.6) is 0 Å². The molecule has 1 aromatic carbocycles. The van der Waals surface area contributed by atoms with Gasteiger partial charge in [0.05, 0.1) is 6.04 Å². The fourth-order valence-electron chi connectivity index (χ4n) is 2.53. The second kappa shape index (κ2) is 6.20. The summed E-state index contributed by atoms with van der Waals surface area (Å²) >= 11 is 0. The number of benzene rings is 1. The highest BCUT2D eigenvalue weighted by atomic mass is 16.2. The quantitative estimate of drug-likeness (QED) is 0.883. The summed E-state index contributed by atoms with van der Waals surface area (Å²) in [5.74, 6) is 0.805. The molecular formula is C16H24N2O. The van der Waals surface area contributed by atoms with Gasteiger partial charge >= 0.3 is 0 Å². The lowest BCUT2D eigenvalue weighted by Crippen LogP contribution is -2.44. The average molecular weight is 260 g/mol. The number of para-hydroxylation sites is 1. The zero-order chi connectivity index (χ0) is 13.8. The van der Waals surface area contributed by atoms with E-state index in [9.17, 15) is 4.79 Å². The third kappa shape index (κ3) is 3.16. The van der Waals surface area contributed by atoms with Gasteiger partial charge in [-0.25, -0.2) is 0 Å². The van der Waals surface area contributed by atoms with Gasteiger partial charge in [-0.2, -0.15) is 0 Å². The Morgan fingerprint density at radius 2 is 2.00 bits per heavy atom. The molecule has 19 heavy (non-hydrogen) atoms. The van der Waals surface area contributed by atoms with E-state index >= 15 is 0 Å². The number of nitrogens with one attached hydrogen (secondary N) is 1. The smallest absolute Gasteiger partial charge is 0.244 e. The summed E-state index contributed by atoms with van der Waals surface area (Å²) in [6.07, 6.45) is 2.03. The number of nitrogens with zero attached hydrogens (tertiary/aromatic N) is 1. The Balaban J connectivity index is 1.99. The van der Waals surface area contributed by atoms with E-state index in [0.29, 0.717) is 12.0 Å². The van der Waals surface area contributed by atoms with Gasteiger partial charge in [0.15, 0.2) is 0 Å². The van der Waals surface area contributed by atoms with Gasteiger partial charge in [0, 0.05) is 18.3 Å². The molecule has 3 nitrogen and oxygen atoms in total. The molecule has 1 N–H and O–H groups in total. The highest BCUT2D eigenvalue weighted by Crippen LogP contribution is 2.22. The van der Waals surface area contributed by atoms with Crippen LogP contribution in [0.25, 0.3) is 0 Å². The molecular weight excluding hydrogens is 236 g/mol. The van der Waals surface area contributed by atoms with E-state index in [0.717, 1.165) is 25.1 Å². The zero-order valence-electron chi connectivity index (χ0n) is 12.1. The van der Waals surface area contributed by atoms with Gasteiger partial charge in [-0.05, 0) is 31.4 Å². The summed E-state index contributed by atoms with van der Waals surface area (Å²) < 4.78 is 0. The van der Waals surface area contributed by atoms with Gasteiger partial charge in [-0.1, -0.05) is 38.5 Å². The molecule has 3 heteroatoms. The molecule has 0 aromatic heterocycles. The summed E-state index contributed by atoms with van der Waals surface area (Å²) in [6.45, 7) is 7.40. The van der Waals surface area contributed by atoms with E-state index in [4.69, 9.17) is 0 Å². The second-order valence-corrected chi connectivity index (χ2v) is 5.51. The van der Waals surface area contributed by atoms with Gasteiger partial charge in [0.25, 0.3) is 0 Å². The van der Waals surface area contributed by atoms with Crippen molar-refractivity contribution in [2.24, 2.45) is 5.92 Å². The first-order chi connectivity index (χ1) is 9.13. The molecule has 104 valence electrons. The molecule has 1 aliphatic heterocycles. The standard InChI is InChI=1S/C16H24N2O/c1-4-12(2)13(3)17-15-10-11-18(16(15)19)14-8-6-5-7-9-14/h5-9,12-13,15,17H,4,10-11H2,1-3H3/t12-,13-,15-/m0/s1. The molecule has 0 unspecified atom stereocenters. The van der Waals surface area contributed by atoms with Crippen molar-refractivity contribution in [3.05, 3.63) is 30.3 Å². The highest BCUT2D eigenvalue weighted by Gasteiger charge is 2.33. The topological polar surface area (TPSA) is 32.3 Å². The molecule has 0 aliphatic carbocycles. The van der Waals surface area contributed by atoms with E-state index in [-0.39, 0.29) is 11.9 Å². The summed E-state index contributed by atoms with van der Waals surface area (Å²) in [7, 11) is 0. The van der Waals surface area contributed by atoms with Crippen LogP contribution in [0.4, 0.5) is 5.69 Å². The maximum absolute atomic E-state index is 12.4. The normalized spacial score (nSPS) is 22.6. The first-order valence-corrected chi connectivity index (χ1v) is 7.26. The predicted octanol–water partition coefficient (Wildman–Crippen LogP) is 2.82. The minimum absolute atomic E-state index is 0.0239. The maximum Gasteiger partial charge on any atom is 0.244 e. The third-order valence-electron chi connectivity index (χ3n) is 4.23. The summed E-state index contributed by atoms with van der Waals surface area (Å²) in [6, 6.07) is 10.3. The van der Waals surface area contributed by atoms with Crippen molar-refractivity contribution >= 4 is 11.6 Å². The van der Waals surface area contributed by atoms with Crippen molar-refractivity contribution in [2.45, 2.75) is 45.7 Å². The van der Waals surface area contributed by atoms with Crippen LogP contribution < -0.4 is 10.2 Å². The molecule has 3 atom stereocenters. The van der Waals surface area contributed by atoms with Crippen LogP contribution in [0.3, 0.4) is 0 Å². The Morgan fingerprint density at radius 3 is 2.63 bits per heavy atom. The average Bonchev–Trinajstić information content (AvgIpc) is 2.80. The van der Waals surface area contributed by atoms with E-state index in [1.54, 1.807) is 0 Å². The number of amides is 1. The number of carbonyl (C=O) groups excluding carboxylic acids is 1. The van der Waals surface area contributed by atoms with E-state index in [1.807, 2.05) is 35.2 Å². The number of hydrogen-bond donors (Lipinski definition) is 1. The van der Waals surface area contributed by atoms with Crippen LogP contribution >= 0.6 is 0 Å². The van der Waals surface area contributed by atoms with Crippen molar-refractivity contribution in [2.75, 3.05) is 11.4 Å². The summed E-state index contributed by atoms with van der Waals surface area (Å²) in [4.78, 5) is 14.3. The van der Waals surface area contributed by atoms with Crippen molar-refractivity contribution in [3.8, 4) is 0 Å². The molecule has 1 aromatic rings. The minimum atomic E-state index is -0.0239. The predicted molar refractivity (Wildman–Crippen MR) is 79.3 cm³/mol. The lowest BCUT2D eigenvalue weighted by atomic mass is 10.00. The number of anilines is 1. The van der Waals surface area contributed by atoms with E-state index < -0.39 is 0 Å². The molecule has 0 spiro atoms. The van der Waals surface area contributed by atoms with Crippen molar-refractivity contribution < 1.29 is 4.79 Å². The molecule has 1 fully saturated rings. The van der Waals surface area contributed by atoms with Crippen LogP contribution in [0.15, 0.2) is 30.3 Å². The molecule has 0 radical (unpaired) electrons. The van der Waals surface area contributed by atoms with Gasteiger partial charge in [-0.15, -0.1) is 0 Å². The van der Waals surface area contributed by atoms with Gasteiger partial charge in [-0.3, -0.25) is 4.79 Å². The van der Waals surface area contributed by atoms with Crippen molar-refractivity contribution in [1.82, 2.24) is 5.32 Å². The largest absolute Gasteiger partial charge is 0.311 e. The van der Waals surface area contributed by atoms with Crippen LogP contribution in [0, 0.1) is 5.92 Å². The van der Waals surface area contributed by atoms with Crippen LogP contribution in [-0.2, 0) is 4.79 Å². The van der Waals surface area contributed by atoms with Crippen LogP contribution in [0.2, 0.25) is 0 Å². The first kappa shape index (κ1) is 14.1. The lowest BCUT2D eigenvalue weighted by molar-refractivity contribution is -0.119. The summed E-state index contributed by atoms with van der Waals surface area (Å²) in [5, 5.41) is 3.49. The minimum Gasteiger partial charge on any atom is -0.311 e. The van der Waals surface area contributed by atoms with Gasteiger partial charge in [0.2, 0.25) is 5.91 Å². The number of rotatable bonds is 5. The summed E-state index contributed by atoms with van der Waals surface area (Å²) in [5.41, 5.74) is 1.01. The molecule has 1 saturated heterocycles. The van der Waals surface area contributed by atoms with Crippen LogP contribution in [-0.4, -0.2) is 24.5 Å². The fourth-order valence-corrected chi connectivity index (χ4v) is 2.53. The molecule has 2 rings (SSSR count). The molecule has 0 saturated carbocycles. The fraction of sp³-hybridized carbons (Fsp3) is 0.562. The molecule has 1 heterocycles. The number of hydrogen-bond acceptors (Lipinski definition) is 2. The first-order valence-electron chi connectivity index (χ1n) is 7.26. The zero-order valence-corrected chi connectivity index (χ0v) is 12.1. The highest BCUT2D eigenvalue weighted by molar-refractivity contribution is 5.99. The van der Waals surface area contributed by atoms with E-state index in [1.165, 1.54) is 0 Å². The Morgan fingerprint density at radius 1 is 1.32 bits per heavy atom. The Labute approximate surface area is 116 Å². The molecule has 1 aliphatic rings. The maximum atomic E-state index is 12.4. The van der Waals surface area contributed by atoms with Crippen molar-refractivity contribution in [3.63, 3.8) is 0 Å². The van der Waals surface area contributed by atoms with Crippen molar-refractivity contribution in [1.29, 1.82) is 0 Å². The van der Waals surface area contributed by atoms with Gasteiger partial charge < -0.3 is 10.2 Å². The van der Waals surface area contributed by atoms with E-state index in [2.05, 4.69) is 26.1 Å². The second-order valence-electron chi connectivity index (χ2n) is 5.51.